The lowest BCUT2D eigenvalue weighted by molar-refractivity contribution is -0.384. The van der Waals surface area contributed by atoms with E-state index >= 15 is 0 Å². The van der Waals surface area contributed by atoms with Gasteiger partial charge in [0.25, 0.3) is 5.69 Å². The van der Waals surface area contributed by atoms with Gasteiger partial charge in [0.1, 0.15) is 6.07 Å². The summed E-state index contributed by atoms with van der Waals surface area (Å²) in [5, 5.41) is 27.5. The quantitative estimate of drug-likeness (QED) is 0.334. The van der Waals surface area contributed by atoms with Crippen LogP contribution in [0.4, 0.5) is 5.69 Å². The lowest BCUT2D eigenvalue weighted by Gasteiger charge is -1.96. The van der Waals surface area contributed by atoms with Crippen molar-refractivity contribution in [2.24, 2.45) is 0 Å². The minimum atomic E-state index is -0.529. The molecule has 0 fully saturated rings. The molecule has 14 heavy (non-hydrogen) atoms. The molecule has 0 unspecified atom stereocenters. The number of benzene rings is 1. The van der Waals surface area contributed by atoms with E-state index in [1.807, 2.05) is 0 Å². The van der Waals surface area contributed by atoms with Crippen LogP contribution in [-0.4, -0.2) is 10.0 Å². The van der Waals surface area contributed by atoms with Crippen molar-refractivity contribution in [2.45, 2.75) is 0 Å². The Morgan fingerprint density at radius 1 is 1.50 bits per heavy atom. The highest BCUT2D eigenvalue weighted by atomic mass is 16.6. The number of hydrogen-bond acceptors (Lipinski definition) is 4. The van der Waals surface area contributed by atoms with Crippen LogP contribution in [0, 0.1) is 21.4 Å². The van der Waals surface area contributed by atoms with E-state index in [1.165, 1.54) is 24.3 Å². The predicted octanol–water partition coefficient (Wildman–Crippen LogP) is 2.02. The molecule has 0 bridgehead atoms. The summed E-state index contributed by atoms with van der Waals surface area (Å²) in [5.41, 5.74) is 0.462. The number of non-ortho nitro benzene ring substituents is 1. The Bertz CT molecular complexity index is 415. The first-order chi connectivity index (χ1) is 6.69. The molecule has 0 heterocycles. The van der Waals surface area contributed by atoms with E-state index in [1.54, 1.807) is 6.07 Å². The molecule has 70 valence electrons. The Morgan fingerprint density at radius 3 is 2.43 bits per heavy atom. The molecule has 0 aliphatic rings. The molecule has 0 aromatic heterocycles. The molecule has 0 amide bonds. The van der Waals surface area contributed by atoms with Crippen molar-refractivity contribution >= 4 is 11.3 Å². The van der Waals surface area contributed by atoms with E-state index in [9.17, 15) is 10.1 Å². The van der Waals surface area contributed by atoms with Gasteiger partial charge in [-0.25, -0.2) is 0 Å². The van der Waals surface area contributed by atoms with Crippen molar-refractivity contribution < 1.29 is 10.0 Å². The number of rotatable bonds is 2. The first kappa shape index (κ1) is 9.74. The lowest BCUT2D eigenvalue weighted by Crippen LogP contribution is -1.88. The van der Waals surface area contributed by atoms with Crippen LogP contribution in [0.2, 0.25) is 0 Å². The van der Waals surface area contributed by atoms with Crippen molar-refractivity contribution in [1.29, 1.82) is 5.26 Å². The van der Waals surface area contributed by atoms with Crippen LogP contribution < -0.4 is 0 Å². The summed E-state index contributed by atoms with van der Waals surface area (Å²) >= 11 is 0. The molecule has 0 saturated carbocycles. The molecule has 1 aromatic carbocycles. The minimum Gasteiger partial charge on any atom is -0.514 e. The maximum atomic E-state index is 10.3. The number of nitro benzene ring substituents is 1. The van der Waals surface area contributed by atoms with Crippen molar-refractivity contribution in [3.63, 3.8) is 0 Å². The molecule has 0 spiro atoms. The highest BCUT2D eigenvalue weighted by molar-refractivity contribution is 5.76. The van der Waals surface area contributed by atoms with Crippen LogP contribution in [0.5, 0.6) is 0 Å². The molecule has 0 saturated heterocycles. The van der Waals surface area contributed by atoms with Gasteiger partial charge in [0.2, 0.25) is 0 Å². The molecule has 0 radical (unpaired) electrons. The maximum absolute atomic E-state index is 10.3. The highest BCUT2D eigenvalue weighted by Crippen LogP contribution is 2.17. The van der Waals surface area contributed by atoms with Gasteiger partial charge in [-0.2, -0.15) is 5.26 Å². The summed E-state index contributed by atoms with van der Waals surface area (Å²) in [6.45, 7) is 0. The Morgan fingerprint density at radius 2 is 2.07 bits per heavy atom. The molecule has 1 aromatic rings. The predicted molar refractivity (Wildman–Crippen MR) is 49.3 cm³/mol. The Hall–Kier alpha value is -2.35. The van der Waals surface area contributed by atoms with Gasteiger partial charge in [0, 0.05) is 12.1 Å². The monoisotopic (exact) mass is 190 g/mol. The van der Waals surface area contributed by atoms with E-state index < -0.39 is 4.92 Å². The number of nitro groups is 1. The van der Waals surface area contributed by atoms with Crippen molar-refractivity contribution in [1.82, 2.24) is 0 Å². The molecular weight excluding hydrogens is 184 g/mol. The summed E-state index contributed by atoms with van der Waals surface area (Å²) in [5.74, 6) is 0. The van der Waals surface area contributed by atoms with Gasteiger partial charge < -0.3 is 5.11 Å². The van der Waals surface area contributed by atoms with Crippen molar-refractivity contribution in [3.8, 4) is 6.07 Å². The summed E-state index contributed by atoms with van der Waals surface area (Å²) in [7, 11) is 0. The van der Waals surface area contributed by atoms with Crippen LogP contribution in [-0.2, 0) is 0 Å². The number of aliphatic hydroxyl groups excluding tert-OH is 1. The minimum absolute atomic E-state index is 0.0519. The average molecular weight is 190 g/mol. The third-order valence-corrected chi connectivity index (χ3v) is 1.64. The molecule has 1 rings (SSSR count). The van der Waals surface area contributed by atoms with Gasteiger partial charge in [-0.15, -0.1) is 0 Å². The lowest BCUT2D eigenvalue weighted by atomic mass is 10.1. The van der Waals surface area contributed by atoms with Gasteiger partial charge in [-0.1, -0.05) is 0 Å². The second-order valence-electron chi connectivity index (χ2n) is 2.46. The topological polar surface area (TPSA) is 87.2 Å². The highest BCUT2D eigenvalue weighted by Gasteiger charge is 2.06. The Balaban J connectivity index is 3.07. The van der Waals surface area contributed by atoms with Crippen molar-refractivity contribution in [3.05, 3.63) is 46.2 Å². The molecule has 5 heteroatoms. The number of allylic oxidation sites excluding steroid dienone is 1. The fourth-order valence-electron chi connectivity index (χ4n) is 0.931. The molecule has 0 atom stereocenters. The maximum Gasteiger partial charge on any atom is 0.269 e. The van der Waals surface area contributed by atoms with Crippen LogP contribution in [0.1, 0.15) is 5.56 Å². The normalized spacial score (nSPS) is 10.6. The van der Waals surface area contributed by atoms with E-state index in [0.717, 1.165) is 0 Å². The standard InChI is InChI=1S/C9H6N2O3/c10-5-8(6-12)7-1-3-9(4-2-7)11(13)14/h1-4,6,12H/b8-6+. The SMILES string of the molecule is N#C/C(=C\O)c1ccc([N+](=O)[O-])cc1. The fourth-order valence-corrected chi connectivity index (χ4v) is 0.931. The molecule has 5 nitrogen and oxygen atoms in total. The number of hydrogen-bond donors (Lipinski definition) is 1. The van der Waals surface area contributed by atoms with Crippen LogP contribution in [0.15, 0.2) is 30.5 Å². The zero-order valence-electron chi connectivity index (χ0n) is 7.04. The van der Waals surface area contributed by atoms with Gasteiger partial charge in [0.05, 0.1) is 16.8 Å². The molecule has 0 aliphatic heterocycles. The zero-order valence-corrected chi connectivity index (χ0v) is 7.04. The van der Waals surface area contributed by atoms with E-state index in [4.69, 9.17) is 10.4 Å². The summed E-state index contributed by atoms with van der Waals surface area (Å²) in [4.78, 5) is 9.77. The molecule has 0 aliphatic carbocycles. The van der Waals surface area contributed by atoms with E-state index in [-0.39, 0.29) is 11.3 Å². The fraction of sp³-hybridized carbons (Fsp3) is 0. The largest absolute Gasteiger partial charge is 0.514 e. The van der Waals surface area contributed by atoms with Crippen LogP contribution in [0.3, 0.4) is 0 Å². The van der Waals surface area contributed by atoms with Crippen LogP contribution >= 0.6 is 0 Å². The smallest absolute Gasteiger partial charge is 0.269 e. The zero-order chi connectivity index (χ0) is 10.6. The van der Waals surface area contributed by atoms with Gasteiger partial charge in [-0.3, -0.25) is 10.1 Å². The molecule has 1 N–H and O–H groups in total. The third-order valence-electron chi connectivity index (χ3n) is 1.64. The van der Waals surface area contributed by atoms with Crippen molar-refractivity contribution in [2.75, 3.05) is 0 Å². The van der Waals surface area contributed by atoms with Gasteiger partial charge in [-0.05, 0) is 17.7 Å². The second-order valence-corrected chi connectivity index (χ2v) is 2.46. The van der Waals surface area contributed by atoms with Gasteiger partial charge >= 0.3 is 0 Å². The van der Waals surface area contributed by atoms with Crippen LogP contribution in [0.25, 0.3) is 5.57 Å². The molecular formula is C9H6N2O3. The summed E-state index contributed by atoms with van der Waals surface area (Å²) < 4.78 is 0. The van der Waals surface area contributed by atoms with E-state index in [0.29, 0.717) is 11.8 Å². The third kappa shape index (κ3) is 1.87. The second kappa shape index (κ2) is 4.05. The average Bonchev–Trinajstić information content (AvgIpc) is 2.20. The Labute approximate surface area is 79.7 Å². The van der Waals surface area contributed by atoms with Gasteiger partial charge in [0.15, 0.2) is 0 Å². The summed E-state index contributed by atoms with van der Waals surface area (Å²) in [6.07, 6.45) is 0.668. The summed E-state index contributed by atoms with van der Waals surface area (Å²) in [6, 6.07) is 7.12. The first-order valence-electron chi connectivity index (χ1n) is 3.68. The Kier molecular flexibility index (Phi) is 2.82. The number of nitrogens with zero attached hydrogens (tertiary/aromatic N) is 2. The number of aliphatic hydroxyl groups is 1. The number of nitriles is 1. The first-order valence-corrected chi connectivity index (χ1v) is 3.68. The van der Waals surface area contributed by atoms with E-state index in [2.05, 4.69) is 0 Å².